The van der Waals surface area contributed by atoms with E-state index in [-0.39, 0.29) is 0 Å². The van der Waals surface area contributed by atoms with Crippen LogP contribution >= 0.6 is 12.6 Å². The number of unbranched alkanes of at least 4 members (excludes halogenated alkanes) is 1. The van der Waals surface area contributed by atoms with Gasteiger partial charge in [-0.2, -0.15) is 0 Å². The second kappa shape index (κ2) is 3.33. The largest absolute Gasteiger partial charge is 0.233 e. The van der Waals surface area contributed by atoms with E-state index < -0.39 is 5.00 Å². The molecular weight excluding hydrogens is 123 g/mol. The molecule has 2 heteroatoms. The Balaban J connectivity index is 3.11. The Hall–Kier alpha value is 0.280. The van der Waals surface area contributed by atoms with Crippen LogP contribution in [0.5, 0.6) is 0 Å². The Labute approximate surface area is 55.9 Å². The highest BCUT2D eigenvalue weighted by molar-refractivity contribution is 7.81. The molecule has 0 bridgehead atoms. The van der Waals surface area contributed by atoms with Gasteiger partial charge in [0, 0.05) is 0 Å². The fraction of sp³-hybridized carbons (Fsp3) is 1.00. The molecule has 0 saturated carbocycles. The molecule has 0 spiro atoms. The standard InChI is InChI=1S/C6H13FS/c1-3-4-5-6(2,7)8/h8H,3-5H2,1-2H3. The third kappa shape index (κ3) is 6.28. The molecule has 0 aliphatic heterocycles. The minimum atomic E-state index is -1.25. The summed E-state index contributed by atoms with van der Waals surface area (Å²) in [4.78, 5) is 0. The van der Waals surface area contributed by atoms with Crippen LogP contribution in [-0.2, 0) is 0 Å². The third-order valence-corrected chi connectivity index (χ3v) is 1.21. The van der Waals surface area contributed by atoms with Gasteiger partial charge < -0.3 is 0 Å². The Morgan fingerprint density at radius 3 is 2.25 bits per heavy atom. The number of rotatable bonds is 3. The van der Waals surface area contributed by atoms with Crippen LogP contribution in [0.25, 0.3) is 0 Å². The van der Waals surface area contributed by atoms with Gasteiger partial charge in [0.2, 0.25) is 0 Å². The van der Waals surface area contributed by atoms with Gasteiger partial charge in [0.05, 0.1) is 0 Å². The van der Waals surface area contributed by atoms with Crippen molar-refractivity contribution in [2.75, 3.05) is 0 Å². The van der Waals surface area contributed by atoms with Crippen molar-refractivity contribution in [3.8, 4) is 0 Å². The Morgan fingerprint density at radius 2 is 2.12 bits per heavy atom. The van der Waals surface area contributed by atoms with Crippen LogP contribution in [0, 0.1) is 0 Å². The molecule has 0 amide bonds. The normalized spacial score (nSPS) is 18.0. The first kappa shape index (κ1) is 8.28. The van der Waals surface area contributed by atoms with Gasteiger partial charge in [-0.15, -0.1) is 12.6 Å². The molecule has 8 heavy (non-hydrogen) atoms. The molecule has 1 unspecified atom stereocenters. The van der Waals surface area contributed by atoms with Crippen molar-refractivity contribution in [2.24, 2.45) is 0 Å². The van der Waals surface area contributed by atoms with Crippen LogP contribution in [0.2, 0.25) is 0 Å². The van der Waals surface area contributed by atoms with E-state index in [1.165, 1.54) is 6.92 Å². The lowest BCUT2D eigenvalue weighted by molar-refractivity contribution is 0.293. The molecule has 0 radical (unpaired) electrons. The predicted molar refractivity (Wildman–Crippen MR) is 38.0 cm³/mol. The highest BCUT2D eigenvalue weighted by Crippen LogP contribution is 2.21. The molecule has 0 heterocycles. The molecule has 0 aromatic carbocycles. The maximum Gasteiger partial charge on any atom is 0.150 e. The van der Waals surface area contributed by atoms with Crippen LogP contribution in [0.1, 0.15) is 33.1 Å². The minimum absolute atomic E-state index is 0.562. The summed E-state index contributed by atoms with van der Waals surface area (Å²) in [6.45, 7) is 3.53. The molecule has 0 nitrogen and oxygen atoms in total. The number of alkyl halides is 1. The van der Waals surface area contributed by atoms with E-state index >= 15 is 0 Å². The van der Waals surface area contributed by atoms with Crippen LogP contribution in [0.4, 0.5) is 4.39 Å². The van der Waals surface area contributed by atoms with Crippen LogP contribution in [0.15, 0.2) is 0 Å². The lowest BCUT2D eigenvalue weighted by Gasteiger charge is -2.10. The van der Waals surface area contributed by atoms with E-state index in [9.17, 15) is 4.39 Å². The molecule has 0 aliphatic rings. The highest BCUT2D eigenvalue weighted by atomic mass is 32.1. The average Bonchev–Trinajstić information content (AvgIpc) is 1.59. The Morgan fingerprint density at radius 1 is 1.62 bits per heavy atom. The fourth-order valence-electron chi connectivity index (χ4n) is 0.499. The van der Waals surface area contributed by atoms with Gasteiger partial charge in [-0.1, -0.05) is 13.3 Å². The summed E-state index contributed by atoms with van der Waals surface area (Å²) in [7, 11) is 0. The van der Waals surface area contributed by atoms with Gasteiger partial charge in [0.25, 0.3) is 0 Å². The Bertz CT molecular complexity index is 56.0. The zero-order chi connectivity index (χ0) is 6.62. The SMILES string of the molecule is CCCCC(C)(F)S. The summed E-state index contributed by atoms with van der Waals surface area (Å²) in [6.07, 6.45) is 2.53. The number of thiol groups is 1. The van der Waals surface area contributed by atoms with Crippen molar-refractivity contribution >= 4 is 12.6 Å². The van der Waals surface area contributed by atoms with E-state index in [1.54, 1.807) is 0 Å². The Kier molecular flexibility index (Phi) is 3.45. The zero-order valence-electron chi connectivity index (χ0n) is 5.45. The van der Waals surface area contributed by atoms with Gasteiger partial charge in [-0.3, -0.25) is 0 Å². The van der Waals surface area contributed by atoms with E-state index in [4.69, 9.17) is 0 Å². The quantitative estimate of drug-likeness (QED) is 0.567. The van der Waals surface area contributed by atoms with Gasteiger partial charge >= 0.3 is 0 Å². The number of hydrogen-bond donors (Lipinski definition) is 1. The minimum Gasteiger partial charge on any atom is -0.233 e. The maximum atomic E-state index is 12.4. The zero-order valence-corrected chi connectivity index (χ0v) is 6.34. The van der Waals surface area contributed by atoms with Gasteiger partial charge in [0.15, 0.2) is 5.00 Å². The summed E-state index contributed by atoms with van der Waals surface area (Å²) >= 11 is 3.72. The van der Waals surface area contributed by atoms with E-state index in [2.05, 4.69) is 12.6 Å². The van der Waals surface area contributed by atoms with Crippen molar-refractivity contribution in [3.05, 3.63) is 0 Å². The van der Waals surface area contributed by atoms with Crippen molar-refractivity contribution in [1.82, 2.24) is 0 Å². The van der Waals surface area contributed by atoms with Crippen LogP contribution in [0.3, 0.4) is 0 Å². The molecule has 1 atom stereocenters. The van der Waals surface area contributed by atoms with E-state index in [0.717, 1.165) is 12.8 Å². The summed E-state index contributed by atoms with van der Waals surface area (Å²) in [6, 6.07) is 0. The predicted octanol–water partition coefficient (Wildman–Crippen LogP) is 2.79. The first-order valence-electron chi connectivity index (χ1n) is 2.97. The topological polar surface area (TPSA) is 0 Å². The van der Waals surface area contributed by atoms with Crippen molar-refractivity contribution < 1.29 is 4.39 Å². The molecular formula is C6H13FS. The van der Waals surface area contributed by atoms with Gasteiger partial charge in [-0.05, 0) is 19.8 Å². The average molecular weight is 136 g/mol. The number of halogens is 1. The second-order valence-corrected chi connectivity index (χ2v) is 3.18. The molecule has 0 aliphatic carbocycles. The van der Waals surface area contributed by atoms with Crippen LogP contribution in [-0.4, -0.2) is 5.00 Å². The lowest BCUT2D eigenvalue weighted by Crippen LogP contribution is -2.06. The molecule has 0 aromatic heterocycles. The first-order chi connectivity index (χ1) is 3.56. The molecule has 50 valence electrons. The summed E-state index contributed by atoms with van der Waals surface area (Å²) in [5.74, 6) is 0. The van der Waals surface area contributed by atoms with E-state index in [1.807, 2.05) is 6.92 Å². The molecule has 0 fully saturated rings. The van der Waals surface area contributed by atoms with E-state index in [0.29, 0.717) is 6.42 Å². The summed E-state index contributed by atoms with van der Waals surface area (Å²) in [5, 5.41) is -1.25. The van der Waals surface area contributed by atoms with Crippen LogP contribution < -0.4 is 0 Å². The molecule has 0 saturated heterocycles. The maximum absolute atomic E-state index is 12.4. The third-order valence-electron chi connectivity index (χ3n) is 0.987. The summed E-state index contributed by atoms with van der Waals surface area (Å²) < 4.78 is 12.4. The fourth-order valence-corrected chi connectivity index (χ4v) is 0.658. The van der Waals surface area contributed by atoms with Crippen molar-refractivity contribution in [3.63, 3.8) is 0 Å². The highest BCUT2D eigenvalue weighted by Gasteiger charge is 2.14. The monoisotopic (exact) mass is 136 g/mol. The summed E-state index contributed by atoms with van der Waals surface area (Å²) in [5.41, 5.74) is 0. The molecule has 0 rings (SSSR count). The lowest BCUT2D eigenvalue weighted by atomic mass is 10.2. The van der Waals surface area contributed by atoms with Crippen molar-refractivity contribution in [2.45, 2.75) is 38.1 Å². The van der Waals surface area contributed by atoms with Gasteiger partial charge in [-0.25, -0.2) is 4.39 Å². The molecule has 0 N–H and O–H groups in total. The first-order valence-corrected chi connectivity index (χ1v) is 3.42. The second-order valence-electron chi connectivity index (χ2n) is 2.25. The number of hydrogen-bond acceptors (Lipinski definition) is 1. The molecule has 0 aromatic rings. The van der Waals surface area contributed by atoms with Gasteiger partial charge in [0.1, 0.15) is 0 Å². The smallest absolute Gasteiger partial charge is 0.150 e. The van der Waals surface area contributed by atoms with Crippen molar-refractivity contribution in [1.29, 1.82) is 0 Å².